The SMILES string of the molecule is COc1ccc(CN(C(=O)Cc2ccccc2)[C@H](Cc2ccccc2)C(=O)NCc2ccc3c(c2)OCO3)cc1. The molecule has 7 nitrogen and oxygen atoms in total. The topological polar surface area (TPSA) is 77.1 Å². The Bertz CT molecular complexity index is 1420. The van der Waals surface area contributed by atoms with Crippen LogP contribution in [0, 0.1) is 0 Å². The van der Waals surface area contributed by atoms with Gasteiger partial charge in [0, 0.05) is 19.5 Å². The molecule has 0 spiro atoms. The van der Waals surface area contributed by atoms with Crippen molar-refractivity contribution in [2.45, 2.75) is 32.0 Å². The number of hydrogen-bond acceptors (Lipinski definition) is 5. The fourth-order valence-electron chi connectivity index (χ4n) is 4.71. The molecular weight excluding hydrogens is 504 g/mol. The average molecular weight is 537 g/mol. The molecule has 0 fully saturated rings. The Labute approximate surface area is 234 Å². The van der Waals surface area contributed by atoms with Crippen LogP contribution in [0.1, 0.15) is 22.3 Å². The lowest BCUT2D eigenvalue weighted by molar-refractivity contribution is -0.140. The summed E-state index contributed by atoms with van der Waals surface area (Å²) in [7, 11) is 1.62. The highest BCUT2D eigenvalue weighted by Crippen LogP contribution is 2.32. The minimum atomic E-state index is -0.727. The van der Waals surface area contributed by atoms with Gasteiger partial charge < -0.3 is 24.4 Å². The second-order valence-electron chi connectivity index (χ2n) is 9.64. The zero-order chi connectivity index (χ0) is 27.7. The van der Waals surface area contributed by atoms with Gasteiger partial charge in [-0.15, -0.1) is 0 Å². The molecule has 0 aromatic heterocycles. The largest absolute Gasteiger partial charge is 0.497 e. The summed E-state index contributed by atoms with van der Waals surface area (Å²) >= 11 is 0. The highest BCUT2D eigenvalue weighted by molar-refractivity contribution is 5.88. The van der Waals surface area contributed by atoms with Gasteiger partial charge in [0.05, 0.1) is 13.5 Å². The Morgan fingerprint density at radius 1 is 0.800 bits per heavy atom. The molecule has 2 amide bonds. The minimum absolute atomic E-state index is 0.124. The van der Waals surface area contributed by atoms with E-state index in [1.54, 1.807) is 12.0 Å². The number of fused-ring (bicyclic) bond motifs is 1. The number of rotatable bonds is 11. The molecule has 0 radical (unpaired) electrons. The van der Waals surface area contributed by atoms with Crippen LogP contribution in [0.25, 0.3) is 0 Å². The van der Waals surface area contributed by atoms with Crippen LogP contribution in [-0.4, -0.2) is 36.7 Å². The fourth-order valence-corrected chi connectivity index (χ4v) is 4.71. The van der Waals surface area contributed by atoms with E-state index in [-0.39, 0.29) is 31.6 Å². The summed E-state index contributed by atoms with van der Waals surface area (Å²) in [6.07, 6.45) is 0.572. The Kier molecular flexibility index (Phi) is 8.61. The molecule has 204 valence electrons. The van der Waals surface area contributed by atoms with Crippen LogP contribution in [-0.2, 0) is 35.5 Å². The van der Waals surface area contributed by atoms with Crippen molar-refractivity contribution in [1.29, 1.82) is 0 Å². The average Bonchev–Trinajstić information content (AvgIpc) is 3.47. The first-order valence-corrected chi connectivity index (χ1v) is 13.3. The molecule has 1 heterocycles. The standard InChI is InChI=1S/C33H32N2O5/c1-38-28-15-12-26(13-16-28)22-35(32(36)20-25-10-6-3-7-11-25)29(18-24-8-4-2-5-9-24)33(37)34-21-27-14-17-30-31(19-27)40-23-39-30/h2-17,19,29H,18,20-23H2,1H3,(H,34,37)/t29-/m1/s1. The number of nitrogens with one attached hydrogen (secondary N) is 1. The van der Waals surface area contributed by atoms with Crippen LogP contribution in [0.3, 0.4) is 0 Å². The lowest BCUT2D eigenvalue weighted by atomic mass is 10.0. The summed E-state index contributed by atoms with van der Waals surface area (Å²) < 4.78 is 16.2. The molecule has 0 saturated carbocycles. The molecule has 0 unspecified atom stereocenters. The van der Waals surface area contributed by atoms with E-state index in [0.29, 0.717) is 24.5 Å². The summed E-state index contributed by atoms with van der Waals surface area (Å²) in [5.74, 6) is 1.73. The van der Waals surface area contributed by atoms with Crippen molar-refractivity contribution in [2.75, 3.05) is 13.9 Å². The zero-order valence-electron chi connectivity index (χ0n) is 22.4. The third kappa shape index (κ3) is 6.80. The number of hydrogen-bond donors (Lipinski definition) is 1. The van der Waals surface area contributed by atoms with Crippen molar-refractivity contribution in [3.05, 3.63) is 125 Å². The number of methoxy groups -OCH3 is 1. The fraction of sp³-hybridized carbons (Fsp3) is 0.212. The maximum absolute atomic E-state index is 13.9. The Hall–Kier alpha value is -4.78. The number of ether oxygens (including phenoxy) is 3. The molecule has 1 atom stereocenters. The van der Waals surface area contributed by atoms with E-state index in [1.807, 2.05) is 103 Å². The molecule has 1 aliphatic rings. The summed E-state index contributed by atoms with van der Waals surface area (Å²) in [6.45, 7) is 0.767. The summed E-state index contributed by atoms with van der Waals surface area (Å²) in [5.41, 5.74) is 3.65. The smallest absolute Gasteiger partial charge is 0.243 e. The minimum Gasteiger partial charge on any atom is -0.497 e. The highest BCUT2D eigenvalue weighted by atomic mass is 16.7. The van der Waals surface area contributed by atoms with Crippen molar-refractivity contribution in [1.82, 2.24) is 10.2 Å². The van der Waals surface area contributed by atoms with E-state index in [0.717, 1.165) is 28.0 Å². The molecule has 5 rings (SSSR count). The Balaban J connectivity index is 1.42. The van der Waals surface area contributed by atoms with Gasteiger partial charge in [-0.1, -0.05) is 78.9 Å². The molecule has 4 aromatic carbocycles. The highest BCUT2D eigenvalue weighted by Gasteiger charge is 2.30. The first kappa shape index (κ1) is 26.8. The maximum atomic E-state index is 13.9. The van der Waals surface area contributed by atoms with Gasteiger partial charge in [-0.2, -0.15) is 0 Å². The summed E-state index contributed by atoms with van der Waals surface area (Å²) in [5, 5.41) is 3.06. The lowest BCUT2D eigenvalue weighted by Gasteiger charge is -2.32. The number of carbonyl (C=O) groups excluding carboxylic acids is 2. The zero-order valence-corrected chi connectivity index (χ0v) is 22.4. The number of benzene rings is 4. The van der Waals surface area contributed by atoms with Crippen LogP contribution in [0.4, 0.5) is 0 Å². The second kappa shape index (κ2) is 12.8. The van der Waals surface area contributed by atoms with Gasteiger partial charge in [0.25, 0.3) is 0 Å². The molecule has 1 N–H and O–H groups in total. The summed E-state index contributed by atoms with van der Waals surface area (Å²) in [6, 6.07) is 31.8. The van der Waals surface area contributed by atoms with Gasteiger partial charge in [0.2, 0.25) is 18.6 Å². The number of carbonyl (C=O) groups is 2. The van der Waals surface area contributed by atoms with Crippen molar-refractivity contribution < 1.29 is 23.8 Å². The van der Waals surface area contributed by atoms with Gasteiger partial charge in [-0.25, -0.2) is 0 Å². The first-order valence-electron chi connectivity index (χ1n) is 13.3. The third-order valence-electron chi connectivity index (χ3n) is 6.88. The second-order valence-corrected chi connectivity index (χ2v) is 9.64. The lowest BCUT2D eigenvalue weighted by Crippen LogP contribution is -2.50. The van der Waals surface area contributed by atoms with E-state index >= 15 is 0 Å². The van der Waals surface area contributed by atoms with E-state index in [1.165, 1.54) is 0 Å². The van der Waals surface area contributed by atoms with Gasteiger partial charge >= 0.3 is 0 Å². The van der Waals surface area contributed by atoms with Gasteiger partial charge in [-0.3, -0.25) is 9.59 Å². The molecule has 0 saturated heterocycles. The Morgan fingerprint density at radius 2 is 1.45 bits per heavy atom. The van der Waals surface area contributed by atoms with E-state index in [9.17, 15) is 9.59 Å². The van der Waals surface area contributed by atoms with Crippen LogP contribution < -0.4 is 19.5 Å². The van der Waals surface area contributed by atoms with Crippen molar-refractivity contribution >= 4 is 11.8 Å². The predicted molar refractivity (Wildman–Crippen MR) is 152 cm³/mol. The van der Waals surface area contributed by atoms with Crippen LogP contribution in [0.15, 0.2) is 103 Å². The van der Waals surface area contributed by atoms with E-state index in [4.69, 9.17) is 14.2 Å². The van der Waals surface area contributed by atoms with E-state index in [2.05, 4.69) is 5.32 Å². The molecule has 40 heavy (non-hydrogen) atoms. The summed E-state index contributed by atoms with van der Waals surface area (Å²) in [4.78, 5) is 29.4. The van der Waals surface area contributed by atoms with Gasteiger partial charge in [-0.05, 0) is 46.5 Å². The molecule has 0 bridgehead atoms. The molecular formula is C33H32N2O5. The molecule has 1 aliphatic heterocycles. The van der Waals surface area contributed by atoms with Crippen LogP contribution in [0.5, 0.6) is 17.2 Å². The van der Waals surface area contributed by atoms with Crippen LogP contribution >= 0.6 is 0 Å². The normalized spacial score (nSPS) is 12.4. The number of nitrogens with zero attached hydrogens (tertiary/aromatic N) is 1. The Morgan fingerprint density at radius 3 is 2.15 bits per heavy atom. The molecule has 0 aliphatic carbocycles. The van der Waals surface area contributed by atoms with Crippen molar-refractivity contribution in [3.63, 3.8) is 0 Å². The van der Waals surface area contributed by atoms with E-state index < -0.39 is 6.04 Å². The third-order valence-corrected chi connectivity index (χ3v) is 6.88. The van der Waals surface area contributed by atoms with Crippen LogP contribution in [0.2, 0.25) is 0 Å². The predicted octanol–water partition coefficient (Wildman–Crippen LogP) is 4.92. The monoisotopic (exact) mass is 536 g/mol. The first-order chi connectivity index (χ1) is 19.6. The van der Waals surface area contributed by atoms with Crippen molar-refractivity contribution in [2.24, 2.45) is 0 Å². The van der Waals surface area contributed by atoms with Gasteiger partial charge in [0.1, 0.15) is 11.8 Å². The quantitative estimate of drug-likeness (QED) is 0.294. The maximum Gasteiger partial charge on any atom is 0.243 e. The molecule has 7 heteroatoms. The van der Waals surface area contributed by atoms with Gasteiger partial charge in [0.15, 0.2) is 11.5 Å². The number of amides is 2. The molecule has 4 aromatic rings. The van der Waals surface area contributed by atoms with Crippen molar-refractivity contribution in [3.8, 4) is 17.2 Å².